The van der Waals surface area contributed by atoms with Gasteiger partial charge in [-0.25, -0.2) is 0 Å². The Labute approximate surface area is 154 Å². The van der Waals surface area contributed by atoms with Gasteiger partial charge in [0.25, 0.3) is 5.91 Å². The molecule has 0 radical (unpaired) electrons. The molecule has 7 nitrogen and oxygen atoms in total. The van der Waals surface area contributed by atoms with Crippen molar-refractivity contribution in [2.75, 3.05) is 19.8 Å². The van der Waals surface area contributed by atoms with Crippen molar-refractivity contribution in [3.8, 4) is 0 Å². The van der Waals surface area contributed by atoms with Gasteiger partial charge in [0.05, 0.1) is 41.3 Å². The normalized spacial score (nSPS) is 18.5. The maximum atomic E-state index is 12.6. The van der Waals surface area contributed by atoms with E-state index in [1.54, 1.807) is 12.1 Å². The van der Waals surface area contributed by atoms with E-state index in [-0.39, 0.29) is 41.1 Å². The molecular weight excluding hydrogens is 371 g/mol. The number of carbonyl (C=O) groups is 3. The fraction of sp³-hybridized carbons (Fsp3) is 0.438. The molecule has 1 heterocycles. The van der Waals surface area contributed by atoms with Crippen LogP contribution < -0.4 is 5.32 Å². The fourth-order valence-electron chi connectivity index (χ4n) is 2.58. The van der Waals surface area contributed by atoms with E-state index >= 15 is 0 Å². The van der Waals surface area contributed by atoms with Crippen LogP contribution in [0.2, 0.25) is 10.0 Å². The Bertz CT molecular complexity index is 682. The Balaban J connectivity index is 2.07. The molecule has 136 valence electrons. The van der Waals surface area contributed by atoms with Crippen LogP contribution in [0, 0.1) is 0 Å². The summed E-state index contributed by atoms with van der Waals surface area (Å²) in [7, 11) is 0. The minimum absolute atomic E-state index is 0.108. The van der Waals surface area contributed by atoms with E-state index in [2.05, 4.69) is 5.32 Å². The van der Waals surface area contributed by atoms with Gasteiger partial charge in [-0.1, -0.05) is 29.3 Å². The summed E-state index contributed by atoms with van der Waals surface area (Å²) in [5, 5.41) is 11.9. The first-order valence-electron chi connectivity index (χ1n) is 7.66. The Morgan fingerprint density at radius 1 is 1.40 bits per heavy atom. The Hall–Kier alpha value is -1.83. The first-order valence-corrected chi connectivity index (χ1v) is 8.41. The van der Waals surface area contributed by atoms with Gasteiger partial charge in [0, 0.05) is 6.54 Å². The molecule has 2 unspecified atom stereocenters. The monoisotopic (exact) mass is 388 g/mol. The van der Waals surface area contributed by atoms with Crippen LogP contribution in [-0.2, 0) is 14.3 Å². The molecule has 0 aliphatic carbocycles. The van der Waals surface area contributed by atoms with Gasteiger partial charge in [0.1, 0.15) is 6.04 Å². The number of morpholine rings is 1. The summed E-state index contributed by atoms with van der Waals surface area (Å²) in [4.78, 5) is 37.3. The van der Waals surface area contributed by atoms with Crippen molar-refractivity contribution in [3.05, 3.63) is 33.8 Å². The number of aliphatic carboxylic acids is 1. The van der Waals surface area contributed by atoms with Gasteiger partial charge in [-0.2, -0.15) is 0 Å². The number of nitrogens with one attached hydrogen (secondary N) is 1. The minimum atomic E-state index is -1.02. The van der Waals surface area contributed by atoms with Gasteiger partial charge in [0.2, 0.25) is 5.91 Å². The maximum absolute atomic E-state index is 12.6. The van der Waals surface area contributed by atoms with E-state index in [9.17, 15) is 14.4 Å². The SMILES string of the molecule is CC(NC(=O)c1cccc(Cl)c1Cl)C(=O)N1CCOCC1CC(=O)O. The Kier molecular flexibility index (Phi) is 6.64. The van der Waals surface area contributed by atoms with Gasteiger partial charge in [-0.15, -0.1) is 0 Å². The highest BCUT2D eigenvalue weighted by Crippen LogP contribution is 2.25. The molecule has 0 bridgehead atoms. The molecule has 0 aromatic heterocycles. The van der Waals surface area contributed by atoms with Crippen LogP contribution >= 0.6 is 23.2 Å². The second-order valence-corrected chi connectivity index (χ2v) is 6.44. The van der Waals surface area contributed by atoms with Crippen LogP contribution in [0.4, 0.5) is 0 Å². The molecule has 1 saturated heterocycles. The standard InChI is InChI=1S/C16H18Cl2N2O5/c1-9(19-15(23)11-3-2-4-12(17)14(11)18)16(24)20-5-6-25-8-10(20)7-13(21)22/h2-4,9-10H,5-8H2,1H3,(H,19,23)(H,21,22). The van der Waals surface area contributed by atoms with Gasteiger partial charge >= 0.3 is 5.97 Å². The number of carbonyl (C=O) groups excluding carboxylic acids is 2. The van der Waals surface area contributed by atoms with E-state index in [1.807, 2.05) is 0 Å². The number of nitrogens with zero attached hydrogens (tertiary/aromatic N) is 1. The third-order valence-electron chi connectivity index (χ3n) is 3.84. The van der Waals surface area contributed by atoms with Crippen LogP contribution in [0.15, 0.2) is 18.2 Å². The van der Waals surface area contributed by atoms with E-state index in [1.165, 1.54) is 17.9 Å². The highest BCUT2D eigenvalue weighted by atomic mass is 35.5. The van der Waals surface area contributed by atoms with Crippen LogP contribution in [-0.4, -0.2) is 59.6 Å². The molecule has 1 aliphatic rings. The van der Waals surface area contributed by atoms with Crippen molar-refractivity contribution >= 4 is 41.0 Å². The number of hydrogen-bond donors (Lipinski definition) is 2. The zero-order chi connectivity index (χ0) is 18.6. The molecular formula is C16H18Cl2N2O5. The average Bonchev–Trinajstić information content (AvgIpc) is 2.56. The van der Waals surface area contributed by atoms with Crippen LogP contribution in [0.3, 0.4) is 0 Å². The lowest BCUT2D eigenvalue weighted by molar-refractivity contribution is -0.147. The summed E-state index contributed by atoms with van der Waals surface area (Å²) in [5.41, 5.74) is 0.165. The molecule has 2 N–H and O–H groups in total. The Morgan fingerprint density at radius 2 is 2.12 bits per heavy atom. The molecule has 25 heavy (non-hydrogen) atoms. The topological polar surface area (TPSA) is 95.9 Å². The third kappa shape index (κ3) is 4.84. The number of halogens is 2. The third-order valence-corrected chi connectivity index (χ3v) is 4.65. The molecule has 1 aromatic rings. The van der Waals surface area contributed by atoms with Gasteiger partial charge < -0.3 is 20.1 Å². The summed E-state index contributed by atoms with van der Waals surface area (Å²) >= 11 is 11.9. The molecule has 0 spiro atoms. The lowest BCUT2D eigenvalue weighted by Gasteiger charge is -2.36. The summed E-state index contributed by atoms with van der Waals surface area (Å²) in [6.45, 7) is 2.28. The first-order chi connectivity index (χ1) is 11.8. The lowest BCUT2D eigenvalue weighted by atomic mass is 10.1. The number of rotatable bonds is 5. The second kappa shape index (κ2) is 8.51. The molecule has 1 aromatic carbocycles. The van der Waals surface area contributed by atoms with E-state index in [0.717, 1.165) is 0 Å². The van der Waals surface area contributed by atoms with Crippen molar-refractivity contribution in [1.82, 2.24) is 10.2 Å². The minimum Gasteiger partial charge on any atom is -0.481 e. The number of hydrogen-bond acceptors (Lipinski definition) is 4. The highest BCUT2D eigenvalue weighted by Gasteiger charge is 2.32. The van der Waals surface area contributed by atoms with Gasteiger partial charge in [-0.05, 0) is 19.1 Å². The van der Waals surface area contributed by atoms with Crippen LogP contribution in [0.5, 0.6) is 0 Å². The van der Waals surface area contributed by atoms with E-state index in [4.69, 9.17) is 33.0 Å². The smallest absolute Gasteiger partial charge is 0.305 e. The average molecular weight is 389 g/mol. The quantitative estimate of drug-likeness (QED) is 0.801. The van der Waals surface area contributed by atoms with Crippen LogP contribution in [0.25, 0.3) is 0 Å². The summed E-state index contributed by atoms with van der Waals surface area (Å²) in [6.07, 6.45) is -0.216. The van der Waals surface area contributed by atoms with Crippen molar-refractivity contribution in [1.29, 1.82) is 0 Å². The predicted molar refractivity (Wildman–Crippen MR) is 92.0 cm³/mol. The number of ether oxygens (including phenoxy) is 1. The maximum Gasteiger partial charge on any atom is 0.305 e. The molecule has 2 rings (SSSR count). The predicted octanol–water partition coefficient (Wildman–Crippen LogP) is 1.81. The number of carboxylic acids is 1. The number of amides is 2. The Morgan fingerprint density at radius 3 is 2.80 bits per heavy atom. The summed E-state index contributed by atoms with van der Waals surface area (Å²) in [5.74, 6) is -1.92. The van der Waals surface area contributed by atoms with Gasteiger partial charge in [0.15, 0.2) is 0 Å². The zero-order valence-electron chi connectivity index (χ0n) is 13.5. The highest BCUT2D eigenvalue weighted by molar-refractivity contribution is 6.43. The van der Waals surface area contributed by atoms with Crippen molar-refractivity contribution in [3.63, 3.8) is 0 Å². The van der Waals surface area contributed by atoms with Crippen molar-refractivity contribution in [2.45, 2.75) is 25.4 Å². The van der Waals surface area contributed by atoms with E-state index in [0.29, 0.717) is 6.61 Å². The molecule has 2 amide bonds. The molecule has 9 heteroatoms. The summed E-state index contributed by atoms with van der Waals surface area (Å²) < 4.78 is 5.25. The zero-order valence-corrected chi connectivity index (χ0v) is 15.0. The lowest BCUT2D eigenvalue weighted by Crippen LogP contribution is -2.55. The summed E-state index contributed by atoms with van der Waals surface area (Å²) in [6, 6.07) is 3.23. The largest absolute Gasteiger partial charge is 0.481 e. The molecule has 0 saturated carbocycles. The second-order valence-electron chi connectivity index (χ2n) is 5.65. The number of carboxylic acid groups (broad SMARTS) is 1. The van der Waals surface area contributed by atoms with Gasteiger partial charge in [-0.3, -0.25) is 14.4 Å². The van der Waals surface area contributed by atoms with Crippen LogP contribution in [0.1, 0.15) is 23.7 Å². The first kappa shape index (κ1) is 19.5. The van der Waals surface area contributed by atoms with E-state index < -0.39 is 24.0 Å². The fourth-order valence-corrected chi connectivity index (χ4v) is 2.97. The van der Waals surface area contributed by atoms with Crippen molar-refractivity contribution < 1.29 is 24.2 Å². The number of benzene rings is 1. The molecule has 2 atom stereocenters. The molecule has 1 aliphatic heterocycles. The molecule has 1 fully saturated rings. The van der Waals surface area contributed by atoms with Crippen molar-refractivity contribution in [2.24, 2.45) is 0 Å².